The van der Waals surface area contributed by atoms with Crippen LogP contribution in [0.1, 0.15) is 48.4 Å². The zero-order valence-electron chi connectivity index (χ0n) is 15.7. The number of likely N-dealkylation sites (tertiary alicyclic amines) is 1. The molecule has 2 aliphatic heterocycles. The summed E-state index contributed by atoms with van der Waals surface area (Å²) < 4.78 is 2.08. The van der Waals surface area contributed by atoms with E-state index < -0.39 is 0 Å². The molecule has 8 nitrogen and oxygen atoms in total. The van der Waals surface area contributed by atoms with E-state index in [1.165, 1.54) is 5.69 Å². The lowest BCUT2D eigenvalue weighted by molar-refractivity contribution is -0.134. The quantitative estimate of drug-likeness (QED) is 0.740. The van der Waals surface area contributed by atoms with E-state index in [0.29, 0.717) is 18.9 Å². The number of amides is 1. The van der Waals surface area contributed by atoms with Gasteiger partial charge in [0, 0.05) is 44.0 Å². The molecular weight excluding hydrogens is 344 g/mol. The molecule has 3 N–H and O–H groups in total. The van der Waals surface area contributed by atoms with Gasteiger partial charge in [-0.05, 0) is 38.3 Å². The van der Waals surface area contributed by atoms with Crippen LogP contribution in [0.15, 0.2) is 29.2 Å². The average Bonchev–Trinajstić information content (AvgIpc) is 3.29. The zero-order chi connectivity index (χ0) is 19.0. The van der Waals surface area contributed by atoms with Crippen LogP contribution < -0.4 is 16.4 Å². The molecule has 2 atom stereocenters. The number of carbonyl (C=O) groups excluding carboxylic acids is 1. The van der Waals surface area contributed by atoms with Crippen LogP contribution in [0.2, 0.25) is 0 Å². The van der Waals surface area contributed by atoms with Crippen LogP contribution in [0.25, 0.3) is 0 Å². The minimum Gasteiger partial charge on any atom is -0.353 e. The molecule has 0 aromatic carbocycles. The van der Waals surface area contributed by atoms with Crippen LogP contribution in [-0.2, 0) is 11.8 Å². The van der Waals surface area contributed by atoms with E-state index >= 15 is 0 Å². The SMILES string of the molecule is Cc1nc(C2CCN(C(=O)C3CC(c4cccn4C)NN3)CC2)cc(=O)[nH]1. The fourth-order valence-corrected chi connectivity index (χ4v) is 4.18. The fourth-order valence-electron chi connectivity index (χ4n) is 4.18. The number of aromatic nitrogens is 3. The number of nitrogens with one attached hydrogen (secondary N) is 3. The Balaban J connectivity index is 1.35. The molecule has 1 amide bonds. The van der Waals surface area contributed by atoms with E-state index in [2.05, 4.69) is 31.5 Å². The van der Waals surface area contributed by atoms with Gasteiger partial charge in [-0.2, -0.15) is 0 Å². The predicted octanol–water partition coefficient (Wildman–Crippen LogP) is 0.731. The van der Waals surface area contributed by atoms with Gasteiger partial charge in [0.1, 0.15) is 11.9 Å². The molecule has 2 fully saturated rings. The minimum atomic E-state index is -0.207. The summed E-state index contributed by atoms with van der Waals surface area (Å²) in [6.45, 7) is 3.19. The summed E-state index contributed by atoms with van der Waals surface area (Å²) >= 11 is 0. The highest BCUT2D eigenvalue weighted by Crippen LogP contribution is 2.28. The van der Waals surface area contributed by atoms with Crippen molar-refractivity contribution in [1.82, 2.24) is 30.3 Å². The summed E-state index contributed by atoms with van der Waals surface area (Å²) in [7, 11) is 2.02. The maximum atomic E-state index is 12.9. The Morgan fingerprint density at radius 2 is 2.04 bits per heavy atom. The van der Waals surface area contributed by atoms with Gasteiger partial charge in [-0.3, -0.25) is 9.59 Å². The first-order valence-corrected chi connectivity index (χ1v) is 9.50. The molecule has 0 bridgehead atoms. The maximum Gasteiger partial charge on any atom is 0.251 e. The number of H-pyrrole nitrogens is 1. The van der Waals surface area contributed by atoms with Crippen molar-refractivity contribution in [3.63, 3.8) is 0 Å². The molecule has 2 aliphatic rings. The molecule has 4 rings (SSSR count). The lowest BCUT2D eigenvalue weighted by Crippen LogP contribution is -2.48. The highest BCUT2D eigenvalue weighted by molar-refractivity contribution is 5.82. The Bertz CT molecular complexity index is 880. The summed E-state index contributed by atoms with van der Waals surface area (Å²) in [5, 5.41) is 0. The van der Waals surface area contributed by atoms with Crippen molar-refractivity contribution in [2.75, 3.05) is 13.1 Å². The van der Waals surface area contributed by atoms with Crippen LogP contribution in [0.4, 0.5) is 0 Å². The lowest BCUT2D eigenvalue weighted by atomic mass is 9.92. The van der Waals surface area contributed by atoms with Crippen molar-refractivity contribution >= 4 is 5.91 Å². The standard InChI is InChI=1S/C19H26N6O2/c1-12-20-14(11-18(26)21-12)13-5-8-25(9-6-13)19(27)16-10-15(22-23-16)17-4-3-7-24(17)2/h3-4,7,11,13,15-16,22-23H,5-6,8-10H2,1-2H3,(H,20,21,26). The van der Waals surface area contributed by atoms with Crippen molar-refractivity contribution in [3.8, 4) is 0 Å². The van der Waals surface area contributed by atoms with Crippen molar-refractivity contribution in [2.45, 2.75) is 44.2 Å². The topological polar surface area (TPSA) is 95.1 Å². The molecule has 4 heterocycles. The smallest absolute Gasteiger partial charge is 0.251 e. The zero-order valence-corrected chi connectivity index (χ0v) is 15.7. The van der Waals surface area contributed by atoms with E-state index in [-0.39, 0.29) is 29.5 Å². The molecule has 2 unspecified atom stereocenters. The molecule has 27 heavy (non-hydrogen) atoms. The Labute approximate surface area is 158 Å². The number of nitrogens with zero attached hydrogens (tertiary/aromatic N) is 3. The van der Waals surface area contributed by atoms with E-state index in [9.17, 15) is 9.59 Å². The highest BCUT2D eigenvalue weighted by Gasteiger charge is 2.35. The Kier molecular flexibility index (Phi) is 4.84. The number of hydrogen-bond acceptors (Lipinski definition) is 5. The minimum absolute atomic E-state index is 0.107. The van der Waals surface area contributed by atoms with Gasteiger partial charge in [-0.15, -0.1) is 0 Å². The number of rotatable bonds is 3. The molecule has 0 aliphatic carbocycles. The largest absolute Gasteiger partial charge is 0.353 e. The van der Waals surface area contributed by atoms with Gasteiger partial charge in [0.15, 0.2) is 0 Å². The molecule has 144 valence electrons. The van der Waals surface area contributed by atoms with Gasteiger partial charge in [0.05, 0.1) is 11.7 Å². The van der Waals surface area contributed by atoms with Crippen molar-refractivity contribution in [3.05, 3.63) is 52.0 Å². The Hall–Kier alpha value is -2.45. The Morgan fingerprint density at radius 1 is 1.26 bits per heavy atom. The first kappa shape index (κ1) is 17.9. The molecule has 2 aromatic rings. The molecule has 0 radical (unpaired) electrons. The lowest BCUT2D eigenvalue weighted by Gasteiger charge is -2.33. The van der Waals surface area contributed by atoms with Crippen LogP contribution >= 0.6 is 0 Å². The van der Waals surface area contributed by atoms with Crippen LogP contribution in [0, 0.1) is 6.92 Å². The monoisotopic (exact) mass is 370 g/mol. The average molecular weight is 370 g/mol. The highest BCUT2D eigenvalue weighted by atomic mass is 16.2. The number of carbonyl (C=O) groups is 1. The van der Waals surface area contributed by atoms with Crippen molar-refractivity contribution in [1.29, 1.82) is 0 Å². The van der Waals surface area contributed by atoms with Crippen molar-refractivity contribution in [2.24, 2.45) is 7.05 Å². The van der Waals surface area contributed by atoms with E-state index in [1.807, 2.05) is 24.2 Å². The summed E-state index contributed by atoms with van der Waals surface area (Å²) in [5.41, 5.74) is 8.32. The van der Waals surface area contributed by atoms with E-state index in [1.54, 1.807) is 13.0 Å². The second-order valence-electron chi connectivity index (χ2n) is 7.53. The van der Waals surface area contributed by atoms with Crippen molar-refractivity contribution < 1.29 is 4.79 Å². The van der Waals surface area contributed by atoms with Crippen LogP contribution in [0.3, 0.4) is 0 Å². The molecule has 0 spiro atoms. The first-order valence-electron chi connectivity index (χ1n) is 9.50. The Morgan fingerprint density at radius 3 is 2.70 bits per heavy atom. The third-order valence-corrected chi connectivity index (χ3v) is 5.65. The third kappa shape index (κ3) is 3.68. The van der Waals surface area contributed by atoms with Gasteiger partial charge in [0.25, 0.3) is 5.56 Å². The summed E-state index contributed by atoms with van der Waals surface area (Å²) in [6, 6.07) is 5.61. The maximum absolute atomic E-state index is 12.9. The number of hydrazine groups is 1. The van der Waals surface area contributed by atoms with Gasteiger partial charge >= 0.3 is 0 Å². The van der Waals surface area contributed by atoms with Gasteiger partial charge in [0.2, 0.25) is 5.91 Å². The van der Waals surface area contributed by atoms with Gasteiger partial charge < -0.3 is 14.5 Å². The first-order chi connectivity index (χ1) is 13.0. The summed E-state index contributed by atoms with van der Waals surface area (Å²) in [4.78, 5) is 33.7. The number of aryl methyl sites for hydroxylation is 2. The normalized spacial score (nSPS) is 23.7. The number of piperidine rings is 1. The second kappa shape index (κ2) is 7.28. The van der Waals surface area contributed by atoms with Gasteiger partial charge in [-0.25, -0.2) is 15.8 Å². The molecule has 8 heteroatoms. The number of hydrogen-bond donors (Lipinski definition) is 3. The summed E-state index contributed by atoms with van der Waals surface area (Å²) in [6.07, 6.45) is 4.43. The van der Waals surface area contributed by atoms with E-state index in [0.717, 1.165) is 25.0 Å². The van der Waals surface area contributed by atoms with Crippen LogP contribution in [0.5, 0.6) is 0 Å². The molecule has 2 saturated heterocycles. The number of aromatic amines is 1. The van der Waals surface area contributed by atoms with Gasteiger partial charge in [-0.1, -0.05) is 0 Å². The molecule has 2 aromatic heterocycles. The molecule has 0 saturated carbocycles. The fraction of sp³-hybridized carbons (Fsp3) is 0.526. The van der Waals surface area contributed by atoms with E-state index in [4.69, 9.17) is 0 Å². The molecular formula is C19H26N6O2. The summed E-state index contributed by atoms with van der Waals surface area (Å²) in [5.74, 6) is 1.03. The van der Waals surface area contributed by atoms with Crippen LogP contribution in [-0.4, -0.2) is 44.5 Å². The predicted molar refractivity (Wildman–Crippen MR) is 101 cm³/mol. The third-order valence-electron chi connectivity index (χ3n) is 5.65. The second-order valence-corrected chi connectivity index (χ2v) is 7.53.